The molecule has 2 rings (SSSR count). The van der Waals surface area contributed by atoms with Crippen LogP contribution in [-0.4, -0.2) is 6.61 Å². The third-order valence-electron chi connectivity index (χ3n) is 4.26. The largest absolute Gasteiger partial charge is 0.492 e. The number of ether oxygens (including phenoxy) is 1. The van der Waals surface area contributed by atoms with Gasteiger partial charge in [0.15, 0.2) is 0 Å². The van der Waals surface area contributed by atoms with Crippen molar-refractivity contribution >= 4 is 0 Å². The Morgan fingerprint density at radius 2 is 1.94 bits per heavy atom. The minimum absolute atomic E-state index is 0.110. The zero-order chi connectivity index (χ0) is 13.3. The van der Waals surface area contributed by atoms with Crippen molar-refractivity contribution < 1.29 is 4.74 Å². The number of hydrogen-bond acceptors (Lipinski definition) is 2. The van der Waals surface area contributed by atoms with E-state index in [-0.39, 0.29) is 11.5 Å². The van der Waals surface area contributed by atoms with Gasteiger partial charge < -0.3 is 10.5 Å². The van der Waals surface area contributed by atoms with Gasteiger partial charge in [-0.05, 0) is 23.6 Å². The van der Waals surface area contributed by atoms with Crippen molar-refractivity contribution in [2.45, 2.75) is 52.0 Å². The number of hydrogen-bond donors (Lipinski definition) is 1. The summed E-state index contributed by atoms with van der Waals surface area (Å²) in [7, 11) is 0. The maximum atomic E-state index is 6.40. The molecule has 18 heavy (non-hydrogen) atoms. The van der Waals surface area contributed by atoms with Gasteiger partial charge in [0.1, 0.15) is 5.75 Å². The molecule has 1 atom stereocenters. The molecule has 0 radical (unpaired) electrons. The Morgan fingerprint density at radius 1 is 1.28 bits per heavy atom. The van der Waals surface area contributed by atoms with Crippen molar-refractivity contribution in [3.8, 4) is 5.75 Å². The molecule has 1 aliphatic heterocycles. The number of nitrogens with two attached hydrogens (primary N) is 1. The lowest BCUT2D eigenvalue weighted by atomic mass is 9.83. The molecule has 0 aliphatic carbocycles. The van der Waals surface area contributed by atoms with Crippen molar-refractivity contribution in [2.75, 3.05) is 6.61 Å². The maximum absolute atomic E-state index is 6.40. The van der Waals surface area contributed by atoms with Crippen molar-refractivity contribution in [2.24, 2.45) is 11.7 Å². The average Bonchev–Trinajstić information content (AvgIpc) is 2.66. The highest BCUT2D eigenvalue weighted by Crippen LogP contribution is 2.40. The third kappa shape index (κ3) is 2.26. The van der Waals surface area contributed by atoms with Gasteiger partial charge in [0.25, 0.3) is 0 Å². The Hall–Kier alpha value is -1.02. The van der Waals surface area contributed by atoms with E-state index in [1.165, 1.54) is 11.1 Å². The predicted octanol–water partition coefficient (Wildman–Crippen LogP) is 3.79. The van der Waals surface area contributed by atoms with Crippen LogP contribution in [0.25, 0.3) is 0 Å². The van der Waals surface area contributed by atoms with Gasteiger partial charge in [-0.2, -0.15) is 0 Å². The van der Waals surface area contributed by atoms with E-state index < -0.39 is 0 Å². The van der Waals surface area contributed by atoms with Crippen LogP contribution in [0.15, 0.2) is 18.2 Å². The third-order valence-corrected chi connectivity index (χ3v) is 4.26. The summed E-state index contributed by atoms with van der Waals surface area (Å²) >= 11 is 0. The molecule has 0 aromatic heterocycles. The van der Waals surface area contributed by atoms with E-state index in [0.29, 0.717) is 5.92 Å². The van der Waals surface area contributed by atoms with Gasteiger partial charge >= 0.3 is 0 Å². The fraction of sp³-hybridized carbons (Fsp3) is 0.625. The Bertz CT molecular complexity index is 421. The molecule has 2 N–H and O–H groups in total. The molecule has 0 spiro atoms. The fourth-order valence-corrected chi connectivity index (χ4v) is 2.81. The zero-order valence-corrected chi connectivity index (χ0v) is 12.0. The normalized spacial score (nSPS) is 18.6. The summed E-state index contributed by atoms with van der Waals surface area (Å²) in [5.74, 6) is 1.59. The molecule has 1 unspecified atom stereocenters. The lowest BCUT2D eigenvalue weighted by molar-refractivity contribution is 0.291. The van der Waals surface area contributed by atoms with Gasteiger partial charge in [0, 0.05) is 17.0 Å². The Morgan fingerprint density at radius 3 is 2.56 bits per heavy atom. The van der Waals surface area contributed by atoms with E-state index in [2.05, 4.69) is 45.9 Å². The lowest BCUT2D eigenvalue weighted by Gasteiger charge is -2.23. The van der Waals surface area contributed by atoms with Gasteiger partial charge in [-0.1, -0.05) is 46.6 Å². The van der Waals surface area contributed by atoms with Gasteiger partial charge in [-0.15, -0.1) is 0 Å². The van der Waals surface area contributed by atoms with Gasteiger partial charge in [-0.25, -0.2) is 0 Å². The Balaban J connectivity index is 2.32. The number of fused-ring (bicyclic) bond motifs is 1. The van der Waals surface area contributed by atoms with E-state index in [0.717, 1.165) is 25.2 Å². The predicted molar refractivity (Wildman–Crippen MR) is 76.0 cm³/mol. The first kappa shape index (κ1) is 13.4. The molecule has 0 saturated heterocycles. The molecule has 0 bridgehead atoms. The van der Waals surface area contributed by atoms with Crippen LogP contribution in [0.2, 0.25) is 0 Å². The summed E-state index contributed by atoms with van der Waals surface area (Å²) in [5.41, 5.74) is 9.07. The molecule has 1 aromatic rings. The quantitative estimate of drug-likeness (QED) is 0.878. The van der Waals surface area contributed by atoms with Gasteiger partial charge in [-0.3, -0.25) is 0 Å². The fourth-order valence-electron chi connectivity index (χ4n) is 2.81. The molecule has 1 heterocycles. The van der Waals surface area contributed by atoms with Crippen LogP contribution in [0.1, 0.15) is 57.7 Å². The molecule has 2 nitrogen and oxygen atoms in total. The highest BCUT2D eigenvalue weighted by molar-refractivity contribution is 5.45. The molecular formula is C16H25NO. The van der Waals surface area contributed by atoms with Crippen LogP contribution in [0.4, 0.5) is 0 Å². The van der Waals surface area contributed by atoms with E-state index >= 15 is 0 Å². The van der Waals surface area contributed by atoms with Gasteiger partial charge in [0.2, 0.25) is 0 Å². The van der Waals surface area contributed by atoms with E-state index in [1.54, 1.807) is 0 Å². The zero-order valence-electron chi connectivity index (χ0n) is 12.0. The average molecular weight is 247 g/mol. The minimum Gasteiger partial charge on any atom is -0.492 e. The second-order valence-corrected chi connectivity index (χ2v) is 6.03. The monoisotopic (exact) mass is 247 g/mol. The van der Waals surface area contributed by atoms with Crippen molar-refractivity contribution in [3.05, 3.63) is 29.3 Å². The summed E-state index contributed by atoms with van der Waals surface area (Å²) in [6, 6.07) is 6.61. The molecular weight excluding hydrogens is 222 g/mol. The SMILES string of the molecule is CCC(CC)C(N)c1ccc2c(c1)C(C)(C)CO2. The van der Waals surface area contributed by atoms with Crippen LogP contribution >= 0.6 is 0 Å². The van der Waals surface area contributed by atoms with Crippen LogP contribution in [0.5, 0.6) is 5.75 Å². The molecule has 0 amide bonds. The van der Waals surface area contributed by atoms with Crippen LogP contribution in [-0.2, 0) is 5.41 Å². The number of rotatable bonds is 4. The first-order chi connectivity index (χ1) is 8.49. The first-order valence-corrected chi connectivity index (χ1v) is 7.02. The Kier molecular flexibility index (Phi) is 3.67. The summed E-state index contributed by atoms with van der Waals surface area (Å²) in [6.07, 6.45) is 2.27. The van der Waals surface area contributed by atoms with Crippen LogP contribution in [0.3, 0.4) is 0 Å². The lowest BCUT2D eigenvalue weighted by Crippen LogP contribution is -2.22. The number of benzene rings is 1. The smallest absolute Gasteiger partial charge is 0.123 e. The Labute approximate surface area is 111 Å². The standard InChI is InChI=1S/C16H25NO/c1-5-11(6-2)15(17)12-7-8-14-13(9-12)16(3,4)10-18-14/h7-9,11,15H,5-6,10,17H2,1-4H3. The molecule has 100 valence electrons. The minimum atomic E-state index is 0.110. The van der Waals surface area contributed by atoms with E-state index in [9.17, 15) is 0 Å². The van der Waals surface area contributed by atoms with Crippen molar-refractivity contribution in [3.63, 3.8) is 0 Å². The summed E-state index contributed by atoms with van der Waals surface area (Å²) in [4.78, 5) is 0. The van der Waals surface area contributed by atoms with Crippen molar-refractivity contribution in [1.82, 2.24) is 0 Å². The first-order valence-electron chi connectivity index (χ1n) is 7.02. The van der Waals surface area contributed by atoms with Crippen molar-refractivity contribution in [1.29, 1.82) is 0 Å². The van der Waals surface area contributed by atoms with Crippen LogP contribution in [0, 0.1) is 5.92 Å². The molecule has 2 heteroatoms. The second kappa shape index (κ2) is 4.93. The molecule has 0 saturated carbocycles. The maximum Gasteiger partial charge on any atom is 0.123 e. The molecule has 1 aromatic carbocycles. The second-order valence-electron chi connectivity index (χ2n) is 6.03. The highest BCUT2D eigenvalue weighted by atomic mass is 16.5. The molecule has 1 aliphatic rings. The topological polar surface area (TPSA) is 35.2 Å². The summed E-state index contributed by atoms with van der Waals surface area (Å²) in [5, 5.41) is 0. The summed E-state index contributed by atoms with van der Waals surface area (Å²) < 4.78 is 5.72. The van der Waals surface area contributed by atoms with Crippen LogP contribution < -0.4 is 10.5 Å². The van der Waals surface area contributed by atoms with Gasteiger partial charge in [0.05, 0.1) is 6.61 Å². The highest BCUT2D eigenvalue weighted by Gasteiger charge is 2.32. The van der Waals surface area contributed by atoms with E-state index in [1.807, 2.05) is 0 Å². The summed E-state index contributed by atoms with van der Waals surface area (Å²) in [6.45, 7) is 9.66. The molecule has 0 fully saturated rings. The van der Waals surface area contributed by atoms with E-state index in [4.69, 9.17) is 10.5 Å².